The summed E-state index contributed by atoms with van der Waals surface area (Å²) in [6, 6.07) is 0. The summed E-state index contributed by atoms with van der Waals surface area (Å²) in [4.78, 5) is 6.53. The van der Waals surface area contributed by atoms with Crippen LogP contribution in [-0.4, -0.2) is 54.5 Å². The third-order valence-corrected chi connectivity index (χ3v) is 6.65. The van der Waals surface area contributed by atoms with Gasteiger partial charge in [-0.05, 0) is 6.54 Å². The van der Waals surface area contributed by atoms with E-state index in [4.69, 9.17) is 5.73 Å². The van der Waals surface area contributed by atoms with Crippen molar-refractivity contribution < 1.29 is 8.42 Å². The summed E-state index contributed by atoms with van der Waals surface area (Å²) >= 11 is 3.30. The second kappa shape index (κ2) is 6.53. The fraction of sp³-hybridized carbons (Fsp3) is 0.727. The third-order valence-electron chi connectivity index (χ3n) is 3.01. The van der Waals surface area contributed by atoms with E-state index in [1.54, 1.807) is 23.1 Å². The highest BCUT2D eigenvalue weighted by molar-refractivity contribution is 8.00. The van der Waals surface area contributed by atoms with Crippen LogP contribution in [0.3, 0.4) is 0 Å². The fourth-order valence-corrected chi connectivity index (χ4v) is 5.81. The van der Waals surface area contributed by atoms with E-state index in [2.05, 4.69) is 4.98 Å². The van der Waals surface area contributed by atoms with E-state index < -0.39 is 9.84 Å². The van der Waals surface area contributed by atoms with Crippen molar-refractivity contribution >= 4 is 32.9 Å². The molecule has 0 amide bonds. The molecule has 0 aromatic carbocycles. The molecule has 2 heterocycles. The molecule has 19 heavy (non-hydrogen) atoms. The quantitative estimate of drug-likeness (QED) is 0.854. The second-order valence-electron chi connectivity index (χ2n) is 4.60. The molecule has 1 aromatic rings. The molecule has 108 valence electrons. The van der Waals surface area contributed by atoms with Crippen LogP contribution in [0.2, 0.25) is 0 Å². The first kappa shape index (κ1) is 15.2. The summed E-state index contributed by atoms with van der Waals surface area (Å²) in [6.07, 6.45) is 2.10. The first-order valence-corrected chi connectivity index (χ1v) is 10.1. The Bertz CT molecular complexity index is 515. The Morgan fingerprint density at radius 1 is 1.58 bits per heavy atom. The molecule has 8 heteroatoms. The standard InChI is InChI=1S/C11H19N3O2S3/c1-19(15,16)11-8-17-5-4-14(11)6-9-7-18-10(13-9)2-3-12/h7,11H,2-6,8,12H2,1H3. The number of thioether (sulfide) groups is 1. The van der Waals surface area contributed by atoms with Crippen LogP contribution in [0.15, 0.2) is 5.38 Å². The number of aromatic nitrogens is 1. The largest absolute Gasteiger partial charge is 0.330 e. The summed E-state index contributed by atoms with van der Waals surface area (Å²) in [6.45, 7) is 2.00. The number of hydrogen-bond acceptors (Lipinski definition) is 7. The Hall–Kier alpha value is -0.150. The molecule has 1 unspecified atom stereocenters. The molecule has 1 aliphatic rings. The van der Waals surface area contributed by atoms with Crippen LogP contribution in [0.5, 0.6) is 0 Å². The maximum Gasteiger partial charge on any atom is 0.164 e. The van der Waals surface area contributed by atoms with Gasteiger partial charge < -0.3 is 5.73 Å². The van der Waals surface area contributed by atoms with Gasteiger partial charge in [-0.2, -0.15) is 11.8 Å². The van der Waals surface area contributed by atoms with Crippen LogP contribution >= 0.6 is 23.1 Å². The van der Waals surface area contributed by atoms with E-state index in [0.717, 1.165) is 29.4 Å². The van der Waals surface area contributed by atoms with E-state index in [0.29, 0.717) is 18.8 Å². The van der Waals surface area contributed by atoms with E-state index in [1.165, 1.54) is 6.26 Å². The molecule has 2 rings (SSSR count). The maximum absolute atomic E-state index is 11.8. The van der Waals surface area contributed by atoms with Gasteiger partial charge >= 0.3 is 0 Å². The monoisotopic (exact) mass is 321 g/mol. The lowest BCUT2D eigenvalue weighted by Crippen LogP contribution is -2.46. The summed E-state index contributed by atoms with van der Waals surface area (Å²) in [5, 5.41) is 2.65. The van der Waals surface area contributed by atoms with Crippen molar-refractivity contribution in [2.24, 2.45) is 5.73 Å². The van der Waals surface area contributed by atoms with Gasteiger partial charge in [0.25, 0.3) is 0 Å². The summed E-state index contributed by atoms with van der Waals surface area (Å²) in [5.41, 5.74) is 6.46. The molecule has 1 atom stereocenters. The van der Waals surface area contributed by atoms with Crippen molar-refractivity contribution in [1.82, 2.24) is 9.88 Å². The van der Waals surface area contributed by atoms with Crippen LogP contribution in [-0.2, 0) is 22.8 Å². The maximum atomic E-state index is 11.8. The predicted molar refractivity (Wildman–Crippen MR) is 81.2 cm³/mol. The highest BCUT2D eigenvalue weighted by Gasteiger charge is 2.31. The zero-order chi connectivity index (χ0) is 13.9. The topological polar surface area (TPSA) is 76.3 Å². The number of nitrogens with two attached hydrogens (primary N) is 1. The predicted octanol–water partition coefficient (Wildman–Crippen LogP) is 0.564. The molecule has 0 radical (unpaired) electrons. The van der Waals surface area contributed by atoms with Gasteiger partial charge in [-0.3, -0.25) is 4.90 Å². The molecule has 0 saturated carbocycles. The first-order valence-electron chi connectivity index (χ1n) is 6.14. The number of rotatable bonds is 5. The molecule has 5 nitrogen and oxygen atoms in total. The van der Waals surface area contributed by atoms with Gasteiger partial charge in [0.05, 0.1) is 10.7 Å². The van der Waals surface area contributed by atoms with Crippen LogP contribution in [0.25, 0.3) is 0 Å². The third kappa shape index (κ3) is 4.16. The number of thiazole rings is 1. The van der Waals surface area contributed by atoms with Crippen molar-refractivity contribution in [2.45, 2.75) is 18.3 Å². The number of sulfone groups is 1. The fourth-order valence-electron chi connectivity index (χ4n) is 2.06. The summed E-state index contributed by atoms with van der Waals surface area (Å²) in [7, 11) is -3.04. The Labute approximate surface area is 122 Å². The Kier molecular flexibility index (Phi) is 5.24. The van der Waals surface area contributed by atoms with Crippen molar-refractivity contribution in [3.8, 4) is 0 Å². The lowest BCUT2D eigenvalue weighted by molar-refractivity contribution is 0.259. The number of nitrogens with zero attached hydrogens (tertiary/aromatic N) is 2. The van der Waals surface area contributed by atoms with Crippen LogP contribution < -0.4 is 5.73 Å². The SMILES string of the molecule is CS(=O)(=O)C1CSCCN1Cc1csc(CCN)n1. The van der Waals surface area contributed by atoms with Gasteiger partial charge in [-0.25, -0.2) is 13.4 Å². The van der Waals surface area contributed by atoms with Crippen molar-refractivity contribution in [3.63, 3.8) is 0 Å². The van der Waals surface area contributed by atoms with E-state index in [1.807, 2.05) is 10.3 Å². The minimum atomic E-state index is -3.04. The average Bonchev–Trinajstić information content (AvgIpc) is 2.76. The Morgan fingerprint density at radius 2 is 2.37 bits per heavy atom. The molecule has 0 aliphatic carbocycles. The van der Waals surface area contributed by atoms with Crippen molar-refractivity contribution in [3.05, 3.63) is 16.1 Å². The molecule has 2 N–H and O–H groups in total. The minimum absolute atomic E-state index is 0.383. The average molecular weight is 321 g/mol. The molecular weight excluding hydrogens is 302 g/mol. The molecule has 1 fully saturated rings. The zero-order valence-electron chi connectivity index (χ0n) is 10.9. The van der Waals surface area contributed by atoms with Gasteiger partial charge in [0.1, 0.15) is 5.37 Å². The van der Waals surface area contributed by atoms with Gasteiger partial charge in [0.15, 0.2) is 9.84 Å². The zero-order valence-corrected chi connectivity index (χ0v) is 13.4. The van der Waals surface area contributed by atoms with Crippen molar-refractivity contribution in [2.75, 3.05) is 30.9 Å². The highest BCUT2D eigenvalue weighted by atomic mass is 32.2. The lowest BCUT2D eigenvalue weighted by atomic mass is 10.4. The summed E-state index contributed by atoms with van der Waals surface area (Å²) in [5.74, 6) is 1.63. The highest BCUT2D eigenvalue weighted by Crippen LogP contribution is 2.23. The molecule has 0 bridgehead atoms. The minimum Gasteiger partial charge on any atom is -0.330 e. The Balaban J connectivity index is 2.06. The van der Waals surface area contributed by atoms with Crippen LogP contribution in [0.4, 0.5) is 0 Å². The molecular formula is C11H19N3O2S3. The van der Waals surface area contributed by atoms with Gasteiger partial charge in [-0.1, -0.05) is 0 Å². The number of hydrogen-bond donors (Lipinski definition) is 1. The lowest BCUT2D eigenvalue weighted by Gasteiger charge is -2.33. The Morgan fingerprint density at radius 3 is 3.05 bits per heavy atom. The molecule has 1 aromatic heterocycles. The van der Waals surface area contributed by atoms with E-state index >= 15 is 0 Å². The van der Waals surface area contributed by atoms with Gasteiger partial charge in [-0.15, -0.1) is 11.3 Å². The van der Waals surface area contributed by atoms with E-state index in [-0.39, 0.29) is 5.37 Å². The first-order chi connectivity index (χ1) is 9.00. The smallest absolute Gasteiger partial charge is 0.164 e. The van der Waals surface area contributed by atoms with Crippen molar-refractivity contribution in [1.29, 1.82) is 0 Å². The van der Waals surface area contributed by atoms with Crippen LogP contribution in [0.1, 0.15) is 10.7 Å². The van der Waals surface area contributed by atoms with Crippen LogP contribution in [0, 0.1) is 0 Å². The van der Waals surface area contributed by atoms with Gasteiger partial charge in [0, 0.05) is 42.7 Å². The summed E-state index contributed by atoms with van der Waals surface area (Å²) < 4.78 is 23.6. The molecule has 1 aliphatic heterocycles. The normalized spacial score (nSPS) is 21.7. The van der Waals surface area contributed by atoms with E-state index in [9.17, 15) is 8.42 Å². The second-order valence-corrected chi connectivity index (χ2v) is 8.90. The van der Waals surface area contributed by atoms with Gasteiger partial charge in [0.2, 0.25) is 0 Å². The molecule has 0 spiro atoms. The molecule has 1 saturated heterocycles.